The average molecular weight is 453 g/mol. The van der Waals surface area contributed by atoms with Gasteiger partial charge in [0.15, 0.2) is 0 Å². The van der Waals surface area contributed by atoms with Gasteiger partial charge in [0.05, 0.1) is 34.8 Å². The minimum absolute atomic E-state index is 0.0382. The van der Waals surface area contributed by atoms with Crippen LogP contribution in [-0.2, 0) is 24.8 Å². The maximum Gasteiger partial charge on any atom is 0.244 e. The second-order valence-corrected chi connectivity index (χ2v) is 11.6. The predicted octanol–water partition coefficient (Wildman–Crippen LogP) is 1.25. The van der Waals surface area contributed by atoms with Gasteiger partial charge in [0, 0.05) is 13.1 Å². The summed E-state index contributed by atoms with van der Waals surface area (Å²) in [6.45, 7) is -0.111. The summed E-state index contributed by atoms with van der Waals surface area (Å²) in [4.78, 5) is 0.127. The van der Waals surface area contributed by atoms with Crippen molar-refractivity contribution >= 4 is 20.0 Å². The fourth-order valence-electron chi connectivity index (χ4n) is 3.13. The summed E-state index contributed by atoms with van der Waals surface area (Å²) in [5, 5.41) is 10.4. The largest absolute Gasteiger partial charge is 0.389 e. The summed E-state index contributed by atoms with van der Waals surface area (Å²) in [7, 11) is -7.98. The lowest BCUT2D eigenvalue weighted by Gasteiger charge is -2.30. The van der Waals surface area contributed by atoms with Gasteiger partial charge in [0.2, 0.25) is 20.0 Å². The molecule has 2 aromatic carbocycles. The van der Waals surface area contributed by atoms with Crippen LogP contribution in [0, 0.1) is 0 Å². The molecule has 30 heavy (non-hydrogen) atoms. The number of hydrogen-bond acceptors (Lipinski definition) is 6. The molecule has 162 valence electrons. The number of ether oxygens (including phenoxy) is 1. The van der Waals surface area contributed by atoms with Gasteiger partial charge in [-0.05, 0) is 37.1 Å². The molecule has 2 aromatic rings. The molecule has 0 spiro atoms. The first-order valence-corrected chi connectivity index (χ1v) is 12.5. The quantitative estimate of drug-likeness (QED) is 0.429. The Balaban J connectivity index is 1.68. The van der Waals surface area contributed by atoms with Gasteiger partial charge >= 0.3 is 0 Å². The van der Waals surface area contributed by atoms with Gasteiger partial charge in [-0.2, -0.15) is 8.61 Å². The first-order valence-electron chi connectivity index (χ1n) is 9.65. The van der Waals surface area contributed by atoms with Gasteiger partial charge in [-0.3, -0.25) is 0 Å². The Kier molecular flexibility index (Phi) is 5.73. The third-order valence-corrected chi connectivity index (χ3v) is 8.79. The van der Waals surface area contributed by atoms with Gasteiger partial charge in [-0.15, -0.1) is 0 Å². The molecule has 0 amide bonds. The van der Waals surface area contributed by atoms with Crippen molar-refractivity contribution in [2.24, 2.45) is 0 Å². The topological polar surface area (TPSA) is 108 Å². The fraction of sp³-hybridized carbons (Fsp3) is 0.400. The molecule has 2 aliphatic rings. The number of hydrogen-bond donors (Lipinski definition) is 1. The van der Waals surface area contributed by atoms with E-state index in [1.54, 1.807) is 36.4 Å². The normalized spacial score (nSPS) is 20.4. The molecule has 8 nitrogen and oxygen atoms in total. The van der Waals surface area contributed by atoms with E-state index < -0.39 is 32.3 Å². The highest BCUT2D eigenvalue weighted by Crippen LogP contribution is 2.37. The van der Waals surface area contributed by atoms with Crippen LogP contribution < -0.4 is 0 Å². The van der Waals surface area contributed by atoms with Crippen LogP contribution in [0.3, 0.4) is 0 Å². The highest BCUT2D eigenvalue weighted by molar-refractivity contribution is 7.90. The van der Waals surface area contributed by atoms with E-state index in [0.717, 1.165) is 8.61 Å². The standard InChI is InChI=1S/C20H24N2O6S2/c23-20(11-12-20)15-22(30(26,27)19-9-5-2-6-10-19)16-21(13-17-14-28-17)29(24,25)18-7-3-1-4-8-18/h1-10,17,23H,11-16H2. The summed E-state index contributed by atoms with van der Waals surface area (Å²) < 4.78 is 60.5. The SMILES string of the molecule is O=S(=O)(c1ccccc1)N(CC1CO1)CN(CC1(O)CC1)S(=O)(=O)c1ccccc1. The van der Waals surface area contributed by atoms with E-state index in [9.17, 15) is 21.9 Å². The molecule has 2 fully saturated rings. The molecular weight excluding hydrogens is 428 g/mol. The van der Waals surface area contributed by atoms with Crippen LogP contribution in [0.2, 0.25) is 0 Å². The number of aliphatic hydroxyl groups is 1. The van der Waals surface area contributed by atoms with Crippen molar-refractivity contribution in [3.8, 4) is 0 Å². The Morgan fingerprint density at radius 1 is 0.867 bits per heavy atom. The van der Waals surface area contributed by atoms with Crippen molar-refractivity contribution in [3.63, 3.8) is 0 Å². The van der Waals surface area contributed by atoms with E-state index in [0.29, 0.717) is 19.4 Å². The monoisotopic (exact) mass is 452 g/mol. The lowest BCUT2D eigenvalue weighted by molar-refractivity contribution is 0.111. The third-order valence-electron chi connectivity index (χ3n) is 5.18. The Morgan fingerprint density at radius 2 is 1.33 bits per heavy atom. The summed E-state index contributed by atoms with van der Waals surface area (Å²) in [5.74, 6) is 0. The van der Waals surface area contributed by atoms with Crippen LogP contribution in [0.15, 0.2) is 70.5 Å². The number of rotatable bonds is 10. The summed E-state index contributed by atoms with van der Waals surface area (Å²) in [6, 6.07) is 15.7. The zero-order valence-corrected chi connectivity index (χ0v) is 17.9. The highest BCUT2D eigenvalue weighted by atomic mass is 32.2. The van der Waals surface area contributed by atoms with Crippen LogP contribution >= 0.6 is 0 Å². The maximum absolute atomic E-state index is 13.3. The van der Waals surface area contributed by atoms with Crippen LogP contribution in [0.1, 0.15) is 12.8 Å². The minimum atomic E-state index is -4.02. The van der Waals surface area contributed by atoms with Crippen molar-refractivity contribution in [2.75, 3.05) is 26.4 Å². The van der Waals surface area contributed by atoms with E-state index in [2.05, 4.69) is 0 Å². The molecule has 1 aliphatic heterocycles. The van der Waals surface area contributed by atoms with Crippen LogP contribution in [0.4, 0.5) is 0 Å². The molecule has 1 N–H and O–H groups in total. The van der Waals surface area contributed by atoms with Crippen molar-refractivity contribution in [1.82, 2.24) is 8.61 Å². The zero-order chi connectivity index (χ0) is 21.4. The highest BCUT2D eigenvalue weighted by Gasteiger charge is 2.46. The minimum Gasteiger partial charge on any atom is -0.389 e. The first kappa shape index (κ1) is 21.4. The molecule has 1 unspecified atom stereocenters. The average Bonchev–Trinajstić information content (AvgIpc) is 3.67. The summed E-state index contributed by atoms with van der Waals surface area (Å²) in [6.07, 6.45) is 0.685. The molecule has 0 aromatic heterocycles. The molecule has 10 heteroatoms. The summed E-state index contributed by atoms with van der Waals surface area (Å²) in [5.41, 5.74) is -1.12. The molecule has 0 radical (unpaired) electrons. The number of epoxide rings is 1. The molecule has 1 saturated carbocycles. The Labute approximate surface area is 176 Å². The second-order valence-electron chi connectivity index (χ2n) is 7.70. The van der Waals surface area contributed by atoms with E-state index >= 15 is 0 Å². The zero-order valence-electron chi connectivity index (χ0n) is 16.3. The van der Waals surface area contributed by atoms with E-state index in [1.165, 1.54) is 24.3 Å². The second kappa shape index (κ2) is 8.03. The molecule has 1 aliphatic carbocycles. The van der Waals surface area contributed by atoms with Crippen LogP contribution in [-0.4, -0.2) is 68.6 Å². The smallest absolute Gasteiger partial charge is 0.244 e. The van der Waals surface area contributed by atoms with E-state index in [1.807, 2.05) is 0 Å². The van der Waals surface area contributed by atoms with Crippen molar-refractivity contribution in [2.45, 2.75) is 34.3 Å². The Bertz CT molecular complexity index is 1080. The van der Waals surface area contributed by atoms with Crippen LogP contribution in [0.25, 0.3) is 0 Å². The predicted molar refractivity (Wildman–Crippen MR) is 109 cm³/mol. The lowest BCUT2D eigenvalue weighted by Crippen LogP contribution is -2.48. The number of nitrogens with zero attached hydrogens (tertiary/aromatic N) is 2. The van der Waals surface area contributed by atoms with Crippen molar-refractivity contribution in [1.29, 1.82) is 0 Å². The maximum atomic E-state index is 13.3. The third kappa shape index (κ3) is 4.74. The molecule has 1 heterocycles. The lowest BCUT2D eigenvalue weighted by atomic mass is 10.3. The van der Waals surface area contributed by atoms with Gasteiger partial charge in [0.25, 0.3) is 0 Å². The Hall–Kier alpha value is -1.82. The summed E-state index contributed by atoms with van der Waals surface area (Å²) >= 11 is 0. The molecule has 4 rings (SSSR count). The molecule has 1 saturated heterocycles. The Morgan fingerprint density at radius 3 is 1.77 bits per heavy atom. The fourth-order valence-corrected chi connectivity index (χ4v) is 6.16. The van der Waals surface area contributed by atoms with Crippen molar-refractivity contribution < 1.29 is 26.7 Å². The van der Waals surface area contributed by atoms with Crippen molar-refractivity contribution in [3.05, 3.63) is 60.7 Å². The van der Waals surface area contributed by atoms with Gasteiger partial charge in [-0.25, -0.2) is 16.8 Å². The van der Waals surface area contributed by atoms with Gasteiger partial charge in [-0.1, -0.05) is 36.4 Å². The van der Waals surface area contributed by atoms with Crippen LogP contribution in [0.5, 0.6) is 0 Å². The first-order chi connectivity index (χ1) is 14.2. The van der Waals surface area contributed by atoms with E-state index in [4.69, 9.17) is 4.74 Å². The van der Waals surface area contributed by atoms with E-state index in [-0.39, 0.29) is 29.0 Å². The molecule has 1 atom stereocenters. The molecular formula is C20H24N2O6S2. The van der Waals surface area contributed by atoms with Gasteiger partial charge in [0.1, 0.15) is 0 Å². The number of benzene rings is 2. The van der Waals surface area contributed by atoms with Gasteiger partial charge < -0.3 is 9.84 Å². The number of sulfonamides is 2. The molecule has 0 bridgehead atoms.